The summed E-state index contributed by atoms with van der Waals surface area (Å²) < 4.78 is 5.59. The average molecular weight is 275 g/mol. The number of rotatable bonds is 11. The van der Waals surface area contributed by atoms with Gasteiger partial charge in [-0.15, -0.1) is 0 Å². The standard InChI is InChI=1S/C15H33NO3/c1-6-7-15(5,18)11-16-9-14(17)10-19-13(4)8-12(2)3/h12-14,16-18H,6-11H2,1-5H3. The first-order valence-electron chi connectivity index (χ1n) is 7.49. The molecule has 3 N–H and O–H groups in total. The van der Waals surface area contributed by atoms with E-state index in [9.17, 15) is 10.2 Å². The molecule has 0 rings (SSSR count). The Labute approximate surface area is 118 Å². The van der Waals surface area contributed by atoms with Crippen LogP contribution in [0, 0.1) is 5.92 Å². The molecule has 0 aromatic rings. The topological polar surface area (TPSA) is 61.7 Å². The summed E-state index contributed by atoms with van der Waals surface area (Å²) in [6, 6.07) is 0. The monoisotopic (exact) mass is 275 g/mol. The van der Waals surface area contributed by atoms with Crippen molar-refractivity contribution in [1.29, 1.82) is 0 Å². The second-order valence-corrected chi connectivity index (χ2v) is 6.31. The van der Waals surface area contributed by atoms with Crippen molar-refractivity contribution in [1.82, 2.24) is 5.32 Å². The van der Waals surface area contributed by atoms with Crippen molar-refractivity contribution in [2.75, 3.05) is 19.7 Å². The lowest BCUT2D eigenvalue weighted by Crippen LogP contribution is -2.41. The van der Waals surface area contributed by atoms with Crippen LogP contribution in [-0.2, 0) is 4.74 Å². The van der Waals surface area contributed by atoms with Crippen molar-refractivity contribution in [3.05, 3.63) is 0 Å². The van der Waals surface area contributed by atoms with Crippen LogP contribution in [0.3, 0.4) is 0 Å². The van der Waals surface area contributed by atoms with E-state index in [1.165, 1.54) is 0 Å². The Morgan fingerprint density at radius 2 is 1.89 bits per heavy atom. The minimum absolute atomic E-state index is 0.179. The van der Waals surface area contributed by atoms with E-state index in [2.05, 4.69) is 19.2 Å². The van der Waals surface area contributed by atoms with E-state index in [0.717, 1.165) is 19.3 Å². The Balaban J connectivity index is 3.67. The molecule has 0 aliphatic carbocycles. The van der Waals surface area contributed by atoms with E-state index in [4.69, 9.17) is 4.74 Å². The summed E-state index contributed by atoms with van der Waals surface area (Å²) in [4.78, 5) is 0. The highest BCUT2D eigenvalue weighted by Crippen LogP contribution is 2.10. The van der Waals surface area contributed by atoms with Crippen LogP contribution < -0.4 is 5.32 Å². The van der Waals surface area contributed by atoms with E-state index < -0.39 is 11.7 Å². The van der Waals surface area contributed by atoms with E-state index in [1.807, 2.05) is 20.8 Å². The third-order valence-corrected chi connectivity index (χ3v) is 3.05. The highest BCUT2D eigenvalue weighted by atomic mass is 16.5. The lowest BCUT2D eigenvalue weighted by atomic mass is 10.0. The number of aliphatic hydroxyl groups is 2. The van der Waals surface area contributed by atoms with Crippen LogP contribution in [0.4, 0.5) is 0 Å². The summed E-state index contributed by atoms with van der Waals surface area (Å²) in [5.41, 5.74) is -0.694. The highest BCUT2D eigenvalue weighted by Gasteiger charge is 2.19. The molecular weight excluding hydrogens is 242 g/mol. The van der Waals surface area contributed by atoms with Crippen LogP contribution in [0.5, 0.6) is 0 Å². The Hall–Kier alpha value is -0.160. The van der Waals surface area contributed by atoms with Crippen molar-refractivity contribution < 1.29 is 14.9 Å². The summed E-state index contributed by atoms with van der Waals surface area (Å²) in [6.07, 6.45) is 2.38. The molecule has 0 radical (unpaired) electrons. The summed E-state index contributed by atoms with van der Waals surface area (Å²) in [5.74, 6) is 0.606. The van der Waals surface area contributed by atoms with Gasteiger partial charge in [-0.25, -0.2) is 0 Å². The fraction of sp³-hybridized carbons (Fsp3) is 1.00. The average Bonchev–Trinajstić information content (AvgIpc) is 2.25. The molecule has 116 valence electrons. The first kappa shape index (κ1) is 18.8. The number of hydrogen-bond acceptors (Lipinski definition) is 4. The largest absolute Gasteiger partial charge is 0.389 e. The van der Waals surface area contributed by atoms with Gasteiger partial charge in [0.05, 0.1) is 24.4 Å². The van der Waals surface area contributed by atoms with Gasteiger partial charge in [0.25, 0.3) is 0 Å². The molecule has 0 aliphatic rings. The molecular formula is C15H33NO3. The molecule has 19 heavy (non-hydrogen) atoms. The number of ether oxygens (including phenoxy) is 1. The third-order valence-electron chi connectivity index (χ3n) is 3.05. The van der Waals surface area contributed by atoms with E-state index in [0.29, 0.717) is 25.6 Å². The SMILES string of the molecule is CCCC(C)(O)CNCC(O)COC(C)CC(C)C. The molecule has 0 saturated heterocycles. The lowest BCUT2D eigenvalue weighted by molar-refractivity contribution is -0.0119. The van der Waals surface area contributed by atoms with Crippen molar-refractivity contribution in [3.8, 4) is 0 Å². The quantitative estimate of drug-likeness (QED) is 0.539. The molecule has 3 unspecified atom stereocenters. The van der Waals surface area contributed by atoms with Gasteiger partial charge in [0.1, 0.15) is 0 Å². The summed E-state index contributed by atoms with van der Waals surface area (Å²) >= 11 is 0. The fourth-order valence-electron chi connectivity index (χ4n) is 2.20. The maximum atomic E-state index is 9.97. The van der Waals surface area contributed by atoms with Gasteiger partial charge in [-0.3, -0.25) is 0 Å². The maximum absolute atomic E-state index is 9.97. The van der Waals surface area contributed by atoms with Gasteiger partial charge in [0.15, 0.2) is 0 Å². The van der Waals surface area contributed by atoms with E-state index >= 15 is 0 Å². The number of nitrogens with one attached hydrogen (secondary N) is 1. The predicted molar refractivity (Wildman–Crippen MR) is 79.3 cm³/mol. The number of aliphatic hydroxyl groups excluding tert-OH is 1. The van der Waals surface area contributed by atoms with Gasteiger partial charge in [0.2, 0.25) is 0 Å². The maximum Gasteiger partial charge on any atom is 0.0897 e. The summed E-state index contributed by atoms with van der Waals surface area (Å²) in [7, 11) is 0. The molecule has 3 atom stereocenters. The van der Waals surface area contributed by atoms with Gasteiger partial charge in [-0.05, 0) is 32.6 Å². The van der Waals surface area contributed by atoms with Gasteiger partial charge in [-0.1, -0.05) is 27.2 Å². The van der Waals surface area contributed by atoms with Gasteiger partial charge < -0.3 is 20.3 Å². The van der Waals surface area contributed by atoms with Crippen LogP contribution in [-0.4, -0.2) is 47.7 Å². The molecule has 0 amide bonds. The fourth-order valence-corrected chi connectivity index (χ4v) is 2.20. The van der Waals surface area contributed by atoms with Crippen LogP contribution in [0.2, 0.25) is 0 Å². The Morgan fingerprint density at radius 1 is 1.26 bits per heavy atom. The van der Waals surface area contributed by atoms with E-state index in [1.54, 1.807) is 0 Å². The van der Waals surface area contributed by atoms with Crippen molar-refractivity contribution in [2.24, 2.45) is 5.92 Å². The number of hydrogen-bond donors (Lipinski definition) is 3. The zero-order valence-electron chi connectivity index (χ0n) is 13.3. The molecule has 0 aromatic carbocycles. The Kier molecular flexibility index (Phi) is 9.62. The van der Waals surface area contributed by atoms with Crippen LogP contribution >= 0.6 is 0 Å². The minimum Gasteiger partial charge on any atom is -0.389 e. The molecule has 0 spiro atoms. The molecule has 0 heterocycles. The third kappa shape index (κ3) is 11.4. The molecule has 0 bridgehead atoms. The van der Waals surface area contributed by atoms with Gasteiger partial charge in [-0.2, -0.15) is 0 Å². The van der Waals surface area contributed by atoms with Crippen LogP contribution in [0.1, 0.15) is 53.9 Å². The second kappa shape index (κ2) is 9.70. The van der Waals surface area contributed by atoms with Gasteiger partial charge >= 0.3 is 0 Å². The Morgan fingerprint density at radius 3 is 2.42 bits per heavy atom. The highest BCUT2D eigenvalue weighted by molar-refractivity contribution is 4.75. The second-order valence-electron chi connectivity index (χ2n) is 6.31. The minimum atomic E-state index is -0.694. The predicted octanol–water partition coefficient (Wildman–Crippen LogP) is 1.94. The molecule has 0 fully saturated rings. The van der Waals surface area contributed by atoms with E-state index in [-0.39, 0.29) is 6.10 Å². The lowest BCUT2D eigenvalue weighted by Gasteiger charge is -2.24. The zero-order valence-corrected chi connectivity index (χ0v) is 13.3. The zero-order chi connectivity index (χ0) is 14.9. The summed E-state index contributed by atoms with van der Waals surface area (Å²) in [6.45, 7) is 11.5. The molecule has 4 heteroatoms. The summed E-state index contributed by atoms with van der Waals surface area (Å²) in [5, 5.41) is 22.9. The van der Waals surface area contributed by atoms with Gasteiger partial charge in [0, 0.05) is 13.1 Å². The van der Waals surface area contributed by atoms with Crippen LogP contribution in [0.15, 0.2) is 0 Å². The van der Waals surface area contributed by atoms with Crippen molar-refractivity contribution in [3.63, 3.8) is 0 Å². The van der Waals surface area contributed by atoms with Crippen molar-refractivity contribution >= 4 is 0 Å². The molecule has 4 nitrogen and oxygen atoms in total. The van der Waals surface area contributed by atoms with Crippen molar-refractivity contribution in [2.45, 2.75) is 71.7 Å². The smallest absolute Gasteiger partial charge is 0.0897 e. The molecule has 0 aliphatic heterocycles. The Bertz CT molecular complexity index is 219. The van der Waals surface area contributed by atoms with Crippen LogP contribution in [0.25, 0.3) is 0 Å². The first-order valence-corrected chi connectivity index (χ1v) is 7.49. The molecule has 0 aromatic heterocycles. The normalized spacial score (nSPS) is 18.3. The molecule has 0 saturated carbocycles. The first-order chi connectivity index (χ1) is 8.76.